The van der Waals surface area contributed by atoms with E-state index in [4.69, 9.17) is 9.52 Å². The van der Waals surface area contributed by atoms with E-state index in [9.17, 15) is 4.79 Å². The molecule has 4 heteroatoms. The molecule has 11 heavy (non-hydrogen) atoms. The predicted octanol–water partition coefficient (Wildman–Crippen LogP) is 1.76. The highest BCUT2D eigenvalue weighted by molar-refractivity contribution is 8.00. The molecule has 0 fully saturated rings. The Kier molecular flexibility index (Phi) is 2.59. The molecule has 0 saturated heterocycles. The molecule has 0 bridgehead atoms. The molecule has 0 spiro atoms. The van der Waals surface area contributed by atoms with Crippen molar-refractivity contribution >= 4 is 17.7 Å². The number of thioether (sulfide) groups is 1. The Morgan fingerprint density at radius 2 is 2.55 bits per heavy atom. The fraction of sp³-hybridized carbons (Fsp3) is 0.286. The Balaban J connectivity index is 2.51. The molecule has 1 N–H and O–H groups in total. The minimum absolute atomic E-state index is 0.0837. The monoisotopic (exact) mass is 172 g/mol. The van der Waals surface area contributed by atoms with Gasteiger partial charge < -0.3 is 9.52 Å². The van der Waals surface area contributed by atoms with Crippen molar-refractivity contribution in [3.05, 3.63) is 18.1 Å². The molecule has 1 rings (SSSR count). The van der Waals surface area contributed by atoms with E-state index in [1.165, 1.54) is 11.8 Å². The summed E-state index contributed by atoms with van der Waals surface area (Å²) in [7, 11) is 0. The van der Waals surface area contributed by atoms with Gasteiger partial charge in [0.15, 0.2) is 0 Å². The largest absolute Gasteiger partial charge is 0.481 e. The average molecular weight is 172 g/mol. The lowest BCUT2D eigenvalue weighted by molar-refractivity contribution is -0.133. The highest BCUT2D eigenvalue weighted by Gasteiger charge is 2.03. The zero-order valence-corrected chi connectivity index (χ0v) is 6.85. The lowest BCUT2D eigenvalue weighted by Gasteiger charge is -1.93. The Morgan fingerprint density at radius 1 is 1.82 bits per heavy atom. The van der Waals surface area contributed by atoms with Gasteiger partial charge in [-0.15, -0.1) is 11.8 Å². The summed E-state index contributed by atoms with van der Waals surface area (Å²) in [5, 5.41) is 8.35. The maximum Gasteiger partial charge on any atom is 0.313 e. The first-order valence-corrected chi connectivity index (χ1v) is 4.07. The highest BCUT2D eigenvalue weighted by Crippen LogP contribution is 2.22. The molecule has 0 aliphatic carbocycles. The van der Waals surface area contributed by atoms with Gasteiger partial charge in [-0.2, -0.15) is 0 Å². The Labute approximate surface area is 68.4 Å². The average Bonchev–Trinajstić information content (AvgIpc) is 2.31. The third-order valence-corrected chi connectivity index (χ3v) is 2.29. The summed E-state index contributed by atoms with van der Waals surface area (Å²) in [6.45, 7) is 1.81. The first kappa shape index (κ1) is 8.20. The summed E-state index contributed by atoms with van der Waals surface area (Å²) >= 11 is 1.27. The molecular weight excluding hydrogens is 164 g/mol. The fourth-order valence-electron chi connectivity index (χ4n) is 0.663. The van der Waals surface area contributed by atoms with Gasteiger partial charge in [-0.25, -0.2) is 0 Å². The second kappa shape index (κ2) is 3.48. The van der Waals surface area contributed by atoms with Crippen LogP contribution in [0.3, 0.4) is 0 Å². The van der Waals surface area contributed by atoms with Crippen LogP contribution >= 0.6 is 11.8 Å². The van der Waals surface area contributed by atoms with Crippen LogP contribution in [-0.4, -0.2) is 16.8 Å². The van der Waals surface area contributed by atoms with Crippen molar-refractivity contribution in [1.82, 2.24) is 0 Å². The number of carbonyl (C=O) groups is 1. The van der Waals surface area contributed by atoms with Crippen molar-refractivity contribution in [2.24, 2.45) is 0 Å². The maximum absolute atomic E-state index is 10.2. The van der Waals surface area contributed by atoms with Gasteiger partial charge in [0.1, 0.15) is 5.76 Å². The van der Waals surface area contributed by atoms with Crippen LogP contribution in [0.1, 0.15) is 5.76 Å². The molecule has 0 atom stereocenters. The normalized spacial score (nSPS) is 9.91. The van der Waals surface area contributed by atoms with Crippen molar-refractivity contribution in [2.75, 3.05) is 5.75 Å². The van der Waals surface area contributed by atoms with Gasteiger partial charge in [-0.1, -0.05) is 0 Å². The molecule has 1 heterocycles. The predicted molar refractivity (Wildman–Crippen MR) is 41.8 cm³/mol. The number of carboxylic acids is 1. The number of hydrogen-bond donors (Lipinski definition) is 1. The van der Waals surface area contributed by atoms with Crippen LogP contribution in [-0.2, 0) is 4.79 Å². The van der Waals surface area contributed by atoms with Crippen LogP contribution in [0, 0.1) is 6.92 Å². The standard InChI is InChI=1S/C7H8O3S/c1-5-6(2-3-10-5)11-4-7(8)9/h2-3H,4H2,1H3,(H,8,9). The zero-order valence-electron chi connectivity index (χ0n) is 6.03. The van der Waals surface area contributed by atoms with Crippen LogP contribution in [0.25, 0.3) is 0 Å². The molecule has 3 nitrogen and oxygen atoms in total. The molecule has 1 aromatic heterocycles. The van der Waals surface area contributed by atoms with Gasteiger partial charge in [0.25, 0.3) is 0 Å². The number of carboxylic acid groups (broad SMARTS) is 1. The van der Waals surface area contributed by atoms with Crippen molar-refractivity contribution in [1.29, 1.82) is 0 Å². The summed E-state index contributed by atoms with van der Waals surface area (Å²) < 4.78 is 4.98. The van der Waals surface area contributed by atoms with Gasteiger partial charge in [0.05, 0.1) is 12.0 Å². The highest BCUT2D eigenvalue weighted by atomic mass is 32.2. The topological polar surface area (TPSA) is 50.4 Å². The zero-order chi connectivity index (χ0) is 8.27. The molecule has 1 aromatic rings. The number of rotatable bonds is 3. The Bertz CT molecular complexity index is 254. The van der Waals surface area contributed by atoms with Crippen LogP contribution in [0.5, 0.6) is 0 Å². The Hall–Kier alpha value is -0.900. The van der Waals surface area contributed by atoms with Crippen molar-refractivity contribution in [2.45, 2.75) is 11.8 Å². The van der Waals surface area contributed by atoms with Gasteiger partial charge in [0.2, 0.25) is 0 Å². The lowest BCUT2D eigenvalue weighted by Crippen LogP contribution is -1.97. The maximum atomic E-state index is 10.2. The third kappa shape index (κ3) is 2.31. The molecule has 0 saturated carbocycles. The second-order valence-corrected chi connectivity index (χ2v) is 3.04. The van der Waals surface area contributed by atoms with Crippen molar-refractivity contribution in [3.63, 3.8) is 0 Å². The quantitative estimate of drug-likeness (QED) is 0.706. The molecular formula is C7H8O3S. The first-order valence-electron chi connectivity index (χ1n) is 3.09. The SMILES string of the molecule is Cc1occc1SCC(=O)O. The van der Waals surface area contributed by atoms with E-state index in [2.05, 4.69) is 0 Å². The summed E-state index contributed by atoms with van der Waals surface area (Å²) in [5.41, 5.74) is 0. The van der Waals surface area contributed by atoms with Crippen LogP contribution in [0.15, 0.2) is 21.6 Å². The molecule has 0 aromatic carbocycles. The summed E-state index contributed by atoms with van der Waals surface area (Å²) in [5.74, 6) is 0.0484. The van der Waals surface area contributed by atoms with E-state index in [1.807, 2.05) is 6.92 Å². The number of aryl methyl sites for hydroxylation is 1. The van der Waals surface area contributed by atoms with E-state index in [1.54, 1.807) is 12.3 Å². The summed E-state index contributed by atoms with van der Waals surface area (Å²) in [4.78, 5) is 11.1. The van der Waals surface area contributed by atoms with E-state index < -0.39 is 5.97 Å². The van der Waals surface area contributed by atoms with E-state index >= 15 is 0 Å². The lowest BCUT2D eigenvalue weighted by atomic mass is 10.5. The van der Waals surface area contributed by atoms with Crippen molar-refractivity contribution < 1.29 is 14.3 Å². The van der Waals surface area contributed by atoms with Gasteiger partial charge in [-0.3, -0.25) is 4.79 Å². The first-order chi connectivity index (χ1) is 5.20. The van der Waals surface area contributed by atoms with E-state index in [0.717, 1.165) is 10.7 Å². The summed E-state index contributed by atoms with van der Waals surface area (Å²) in [6, 6.07) is 1.77. The number of furan rings is 1. The Morgan fingerprint density at radius 3 is 3.00 bits per heavy atom. The van der Waals surface area contributed by atoms with Crippen LogP contribution in [0.4, 0.5) is 0 Å². The number of hydrogen-bond acceptors (Lipinski definition) is 3. The molecule has 0 aliphatic rings. The summed E-state index contributed by atoms with van der Waals surface area (Å²) in [6.07, 6.45) is 1.56. The molecule has 0 unspecified atom stereocenters. The molecule has 0 radical (unpaired) electrons. The van der Waals surface area contributed by atoms with Gasteiger partial charge in [-0.05, 0) is 13.0 Å². The second-order valence-electron chi connectivity index (χ2n) is 2.02. The van der Waals surface area contributed by atoms with E-state index in [0.29, 0.717) is 0 Å². The van der Waals surface area contributed by atoms with Crippen LogP contribution in [0.2, 0.25) is 0 Å². The third-order valence-electron chi connectivity index (χ3n) is 1.16. The minimum Gasteiger partial charge on any atom is -0.481 e. The van der Waals surface area contributed by atoms with Crippen molar-refractivity contribution in [3.8, 4) is 0 Å². The van der Waals surface area contributed by atoms with Gasteiger partial charge >= 0.3 is 5.97 Å². The molecule has 60 valence electrons. The fourth-order valence-corrected chi connectivity index (χ4v) is 1.34. The smallest absolute Gasteiger partial charge is 0.313 e. The van der Waals surface area contributed by atoms with Crippen LogP contribution < -0.4 is 0 Å². The molecule has 0 aliphatic heterocycles. The molecule has 0 amide bonds. The van der Waals surface area contributed by atoms with E-state index in [-0.39, 0.29) is 5.75 Å². The van der Waals surface area contributed by atoms with Gasteiger partial charge in [0, 0.05) is 4.90 Å². The minimum atomic E-state index is -0.810. The number of aliphatic carboxylic acids is 1.